The van der Waals surface area contributed by atoms with Crippen LogP contribution in [0.1, 0.15) is 16.7 Å². The molecule has 9 nitrogen and oxygen atoms in total. The molecule has 1 aromatic rings. The Morgan fingerprint density at radius 2 is 2.43 bits per heavy atom. The van der Waals surface area contributed by atoms with Gasteiger partial charge in [0.2, 0.25) is 0 Å². The normalized spacial score (nSPS) is 30.0. The number of hydrogen-bond acceptors (Lipinski definition) is 7. The molecule has 3 rings (SSSR count). The maximum Gasteiger partial charge on any atom is 0.278 e. The standard InChI is InChI=1S/C14H18N4O5/c1-3-4-17-6-16-12-9(13(17)21)15-7-18(12)14-11(22-2)10(20)8(5-19)23-14/h1,7-8,10-11,14,16,19-20H,4-6H2,2H3/t8-,10-,11-,14-/m1/s1. The van der Waals surface area contributed by atoms with E-state index in [2.05, 4.69) is 16.2 Å². The number of aliphatic hydroxyl groups is 2. The molecule has 0 radical (unpaired) electrons. The summed E-state index contributed by atoms with van der Waals surface area (Å²) in [6.07, 6.45) is 3.55. The summed E-state index contributed by atoms with van der Waals surface area (Å²) >= 11 is 0. The summed E-state index contributed by atoms with van der Waals surface area (Å²) in [5.74, 6) is 2.62. The van der Waals surface area contributed by atoms with Crippen LogP contribution in [-0.4, -0.2) is 75.8 Å². The Morgan fingerprint density at radius 3 is 3.09 bits per heavy atom. The van der Waals surface area contributed by atoms with Crippen LogP contribution in [0, 0.1) is 12.3 Å². The van der Waals surface area contributed by atoms with E-state index in [0.29, 0.717) is 5.82 Å². The van der Waals surface area contributed by atoms with Crippen LogP contribution < -0.4 is 5.32 Å². The van der Waals surface area contributed by atoms with Crippen molar-refractivity contribution in [1.29, 1.82) is 0 Å². The number of hydrogen-bond donors (Lipinski definition) is 3. The van der Waals surface area contributed by atoms with Gasteiger partial charge in [-0.3, -0.25) is 9.36 Å². The van der Waals surface area contributed by atoms with Gasteiger partial charge in [0, 0.05) is 7.11 Å². The average Bonchev–Trinajstić information content (AvgIpc) is 3.11. The topological polar surface area (TPSA) is 109 Å². The van der Waals surface area contributed by atoms with Crippen molar-refractivity contribution in [2.45, 2.75) is 24.5 Å². The average molecular weight is 322 g/mol. The maximum absolute atomic E-state index is 12.3. The number of methoxy groups -OCH3 is 1. The fourth-order valence-electron chi connectivity index (χ4n) is 2.86. The lowest BCUT2D eigenvalue weighted by Gasteiger charge is -2.28. The Morgan fingerprint density at radius 1 is 1.65 bits per heavy atom. The summed E-state index contributed by atoms with van der Waals surface area (Å²) in [5, 5.41) is 22.5. The number of aromatic nitrogens is 2. The summed E-state index contributed by atoms with van der Waals surface area (Å²) in [6.45, 7) is 0.0961. The van der Waals surface area contributed by atoms with Gasteiger partial charge in [-0.2, -0.15) is 0 Å². The lowest BCUT2D eigenvalue weighted by molar-refractivity contribution is -0.0592. The molecule has 0 spiro atoms. The Bertz CT molecular complexity index is 640. The molecule has 124 valence electrons. The Kier molecular flexibility index (Phi) is 4.23. The quantitative estimate of drug-likeness (QED) is 0.585. The SMILES string of the molecule is C#CCN1CNc2c(ncn2[C@@H]2O[C@H](CO)[C@@H](O)[C@H]2OC)C1=O. The van der Waals surface area contributed by atoms with E-state index in [1.165, 1.54) is 18.3 Å². The van der Waals surface area contributed by atoms with E-state index in [-0.39, 0.29) is 31.4 Å². The molecule has 2 aliphatic heterocycles. The van der Waals surface area contributed by atoms with Gasteiger partial charge >= 0.3 is 0 Å². The number of carbonyl (C=O) groups is 1. The van der Waals surface area contributed by atoms with Crippen LogP contribution in [0.4, 0.5) is 5.82 Å². The monoisotopic (exact) mass is 322 g/mol. The maximum atomic E-state index is 12.3. The van der Waals surface area contributed by atoms with Crippen LogP contribution in [0.2, 0.25) is 0 Å². The molecule has 0 aromatic carbocycles. The van der Waals surface area contributed by atoms with Gasteiger partial charge in [0.05, 0.1) is 26.1 Å². The molecule has 0 unspecified atom stereocenters. The van der Waals surface area contributed by atoms with Crippen molar-refractivity contribution < 1.29 is 24.5 Å². The number of carbonyl (C=O) groups excluding carboxylic acids is 1. The lowest BCUT2D eigenvalue weighted by atomic mass is 10.1. The fraction of sp³-hybridized carbons (Fsp3) is 0.571. The van der Waals surface area contributed by atoms with Crippen molar-refractivity contribution in [3.63, 3.8) is 0 Å². The third-order valence-corrected chi connectivity index (χ3v) is 4.04. The van der Waals surface area contributed by atoms with Gasteiger partial charge in [-0.25, -0.2) is 4.98 Å². The molecule has 3 heterocycles. The molecule has 23 heavy (non-hydrogen) atoms. The van der Waals surface area contributed by atoms with Crippen molar-refractivity contribution in [3.8, 4) is 12.3 Å². The molecule has 0 aliphatic carbocycles. The summed E-state index contributed by atoms with van der Waals surface area (Å²) in [4.78, 5) is 17.9. The predicted octanol–water partition coefficient (Wildman–Crippen LogP) is -1.39. The first-order valence-corrected chi connectivity index (χ1v) is 7.13. The molecular formula is C14H18N4O5. The van der Waals surface area contributed by atoms with Gasteiger partial charge in [-0.1, -0.05) is 5.92 Å². The number of imidazole rings is 1. The Hall–Kier alpha value is -2.12. The first-order valence-electron chi connectivity index (χ1n) is 7.13. The third kappa shape index (κ3) is 2.46. The van der Waals surface area contributed by atoms with Crippen molar-refractivity contribution in [1.82, 2.24) is 14.5 Å². The molecule has 2 aliphatic rings. The fourth-order valence-corrected chi connectivity index (χ4v) is 2.86. The largest absolute Gasteiger partial charge is 0.394 e. The van der Waals surface area contributed by atoms with Gasteiger partial charge in [-0.05, 0) is 0 Å². The van der Waals surface area contributed by atoms with Crippen LogP contribution in [0.5, 0.6) is 0 Å². The summed E-state index contributed by atoms with van der Waals surface area (Å²) in [7, 11) is 1.45. The molecule has 4 atom stereocenters. The number of rotatable bonds is 4. The minimum Gasteiger partial charge on any atom is -0.394 e. The molecule has 1 aromatic heterocycles. The summed E-state index contributed by atoms with van der Waals surface area (Å²) in [6, 6.07) is 0. The van der Waals surface area contributed by atoms with Gasteiger partial charge in [0.1, 0.15) is 24.1 Å². The van der Waals surface area contributed by atoms with E-state index < -0.39 is 24.5 Å². The van der Waals surface area contributed by atoms with Gasteiger partial charge in [-0.15, -0.1) is 6.42 Å². The lowest BCUT2D eigenvalue weighted by Crippen LogP contribution is -2.41. The zero-order valence-electron chi connectivity index (χ0n) is 12.5. The predicted molar refractivity (Wildman–Crippen MR) is 78.4 cm³/mol. The zero-order chi connectivity index (χ0) is 16.6. The number of amides is 1. The molecule has 1 amide bonds. The number of terminal acetylenes is 1. The summed E-state index contributed by atoms with van der Waals surface area (Å²) in [5.41, 5.74) is 0.229. The Balaban J connectivity index is 1.90. The molecule has 0 bridgehead atoms. The van der Waals surface area contributed by atoms with Crippen LogP contribution in [-0.2, 0) is 9.47 Å². The van der Waals surface area contributed by atoms with Crippen molar-refractivity contribution in [2.75, 3.05) is 32.2 Å². The van der Waals surface area contributed by atoms with E-state index in [4.69, 9.17) is 15.9 Å². The van der Waals surface area contributed by atoms with Gasteiger partial charge in [0.25, 0.3) is 5.91 Å². The molecule has 0 saturated carbocycles. The highest BCUT2D eigenvalue weighted by Gasteiger charge is 2.46. The van der Waals surface area contributed by atoms with Crippen LogP contribution in [0.3, 0.4) is 0 Å². The Labute approximate surface area is 132 Å². The first-order chi connectivity index (χ1) is 11.1. The van der Waals surface area contributed by atoms with E-state index >= 15 is 0 Å². The molecule has 3 N–H and O–H groups in total. The van der Waals surface area contributed by atoms with E-state index in [1.807, 2.05) is 0 Å². The number of nitrogens with one attached hydrogen (secondary N) is 1. The van der Waals surface area contributed by atoms with Crippen LogP contribution >= 0.6 is 0 Å². The number of nitrogens with zero attached hydrogens (tertiary/aromatic N) is 3. The highest BCUT2D eigenvalue weighted by atomic mass is 16.6. The second kappa shape index (κ2) is 6.17. The molecule has 1 fully saturated rings. The zero-order valence-corrected chi connectivity index (χ0v) is 12.5. The molecule has 1 saturated heterocycles. The van der Waals surface area contributed by atoms with Gasteiger partial charge < -0.3 is 29.9 Å². The van der Waals surface area contributed by atoms with E-state index in [0.717, 1.165) is 0 Å². The molecular weight excluding hydrogens is 304 g/mol. The van der Waals surface area contributed by atoms with Crippen molar-refractivity contribution in [2.24, 2.45) is 0 Å². The smallest absolute Gasteiger partial charge is 0.278 e. The molecule has 9 heteroatoms. The van der Waals surface area contributed by atoms with Crippen molar-refractivity contribution in [3.05, 3.63) is 12.0 Å². The minimum absolute atomic E-state index is 0.185. The second-order valence-electron chi connectivity index (χ2n) is 5.33. The summed E-state index contributed by atoms with van der Waals surface area (Å²) < 4.78 is 12.5. The van der Waals surface area contributed by atoms with E-state index in [9.17, 15) is 15.0 Å². The number of ether oxygens (including phenoxy) is 2. The number of fused-ring (bicyclic) bond motifs is 1. The second-order valence-corrected chi connectivity index (χ2v) is 5.33. The van der Waals surface area contributed by atoms with Crippen LogP contribution in [0.15, 0.2) is 6.33 Å². The minimum atomic E-state index is -0.981. The van der Waals surface area contributed by atoms with Gasteiger partial charge in [0.15, 0.2) is 11.9 Å². The van der Waals surface area contributed by atoms with Crippen LogP contribution in [0.25, 0.3) is 0 Å². The first kappa shape index (κ1) is 15.8. The third-order valence-electron chi connectivity index (χ3n) is 4.04. The highest BCUT2D eigenvalue weighted by Crippen LogP contribution is 2.35. The highest BCUT2D eigenvalue weighted by molar-refractivity contribution is 5.98. The van der Waals surface area contributed by atoms with E-state index in [1.54, 1.807) is 4.57 Å². The number of aliphatic hydroxyl groups excluding tert-OH is 2. The van der Waals surface area contributed by atoms with Crippen molar-refractivity contribution >= 4 is 11.7 Å². The number of anilines is 1.